The third-order valence-electron chi connectivity index (χ3n) is 4.39. The summed E-state index contributed by atoms with van der Waals surface area (Å²) in [5, 5.41) is 22.4. The minimum Gasteiger partial charge on any atom is -0.508 e. The molecule has 4 heteroatoms. The van der Waals surface area contributed by atoms with E-state index in [0.29, 0.717) is 18.3 Å². The van der Waals surface area contributed by atoms with Crippen molar-refractivity contribution < 1.29 is 15.1 Å². The van der Waals surface area contributed by atoms with E-state index in [1.807, 2.05) is 42.5 Å². The Morgan fingerprint density at radius 2 is 1.78 bits per heavy atom. The van der Waals surface area contributed by atoms with Gasteiger partial charge in [0.2, 0.25) is 0 Å². The van der Waals surface area contributed by atoms with Crippen molar-refractivity contribution in [2.45, 2.75) is 38.2 Å². The second-order valence-corrected chi connectivity index (χ2v) is 5.94. The Morgan fingerprint density at radius 3 is 2.43 bits per heavy atom. The first-order valence-electron chi connectivity index (χ1n) is 7.95. The number of ether oxygens (including phenoxy) is 1. The van der Waals surface area contributed by atoms with Crippen LogP contribution in [0, 0.1) is 0 Å². The average molecular weight is 311 g/mol. The summed E-state index contributed by atoms with van der Waals surface area (Å²) >= 11 is 0. The number of hydrogen-bond acceptors (Lipinski definition) is 4. The van der Waals surface area contributed by atoms with Crippen LogP contribution in [-0.2, 0) is 6.61 Å². The highest BCUT2D eigenvalue weighted by atomic mass is 16.5. The van der Waals surface area contributed by atoms with Crippen molar-refractivity contribution in [2.24, 2.45) is 5.16 Å². The molecule has 4 nitrogen and oxygen atoms in total. The van der Waals surface area contributed by atoms with E-state index in [-0.39, 0.29) is 5.75 Å². The zero-order valence-electron chi connectivity index (χ0n) is 13.0. The lowest BCUT2D eigenvalue weighted by atomic mass is 9.83. The van der Waals surface area contributed by atoms with Crippen LogP contribution in [-0.4, -0.2) is 16.0 Å². The first-order chi connectivity index (χ1) is 11.3. The molecule has 1 fully saturated rings. The predicted molar refractivity (Wildman–Crippen MR) is 89.3 cm³/mol. The first-order valence-corrected chi connectivity index (χ1v) is 7.95. The van der Waals surface area contributed by atoms with Crippen molar-refractivity contribution >= 4 is 5.71 Å². The maximum atomic E-state index is 10.3. The molecular formula is C19H21NO3. The molecule has 2 N–H and O–H groups in total. The number of phenolic OH excluding ortho intramolecular Hbond substituents is 1. The van der Waals surface area contributed by atoms with Crippen molar-refractivity contribution in [2.75, 3.05) is 0 Å². The Labute approximate surface area is 136 Å². The summed E-state index contributed by atoms with van der Waals surface area (Å²) in [6.07, 6.45) is 3.37. The highest BCUT2D eigenvalue weighted by Crippen LogP contribution is 2.37. The Bertz CT molecular complexity index is 672. The van der Waals surface area contributed by atoms with E-state index in [0.717, 1.165) is 42.5 Å². The predicted octanol–water partition coefficient (Wildman–Crippen LogP) is 4.46. The summed E-state index contributed by atoms with van der Waals surface area (Å²) in [6, 6.07) is 15.5. The molecule has 1 aliphatic carbocycles. The van der Waals surface area contributed by atoms with Crippen molar-refractivity contribution in [1.82, 2.24) is 0 Å². The zero-order valence-corrected chi connectivity index (χ0v) is 13.0. The molecule has 0 spiro atoms. The molecular weight excluding hydrogens is 290 g/mol. The summed E-state index contributed by atoms with van der Waals surface area (Å²) in [5.74, 6) is 1.26. The van der Waals surface area contributed by atoms with Crippen molar-refractivity contribution in [3.8, 4) is 11.5 Å². The summed E-state index contributed by atoms with van der Waals surface area (Å²) in [5.41, 5.74) is 2.90. The number of benzene rings is 2. The molecule has 0 atom stereocenters. The van der Waals surface area contributed by atoms with Gasteiger partial charge in [0.15, 0.2) is 0 Å². The summed E-state index contributed by atoms with van der Waals surface area (Å²) in [4.78, 5) is 0. The molecule has 0 aromatic heterocycles. The van der Waals surface area contributed by atoms with Gasteiger partial charge in [-0.05, 0) is 48.8 Å². The van der Waals surface area contributed by atoms with Gasteiger partial charge in [-0.25, -0.2) is 0 Å². The molecule has 2 aromatic rings. The lowest BCUT2D eigenvalue weighted by Crippen LogP contribution is -2.13. The van der Waals surface area contributed by atoms with Gasteiger partial charge in [0, 0.05) is 6.07 Å². The largest absolute Gasteiger partial charge is 0.508 e. The SMILES string of the molecule is ON=C1CCC(c2ccc(OCc3ccccc3)cc2O)CC1. The van der Waals surface area contributed by atoms with E-state index >= 15 is 0 Å². The highest BCUT2D eigenvalue weighted by molar-refractivity contribution is 5.84. The van der Waals surface area contributed by atoms with Gasteiger partial charge in [-0.1, -0.05) is 41.6 Å². The maximum absolute atomic E-state index is 10.3. The Hall–Kier alpha value is -2.49. The Kier molecular flexibility index (Phi) is 4.81. The smallest absolute Gasteiger partial charge is 0.123 e. The molecule has 0 unspecified atom stereocenters. The van der Waals surface area contributed by atoms with Gasteiger partial charge in [-0.3, -0.25) is 0 Å². The van der Waals surface area contributed by atoms with E-state index in [1.165, 1.54) is 0 Å². The molecule has 23 heavy (non-hydrogen) atoms. The first kappa shape index (κ1) is 15.4. The van der Waals surface area contributed by atoms with Crippen LogP contribution >= 0.6 is 0 Å². The molecule has 0 heterocycles. The van der Waals surface area contributed by atoms with Crippen LogP contribution < -0.4 is 4.74 Å². The average Bonchev–Trinajstić information content (AvgIpc) is 2.61. The van der Waals surface area contributed by atoms with E-state index < -0.39 is 0 Å². The van der Waals surface area contributed by atoms with Crippen LogP contribution in [0.4, 0.5) is 0 Å². The number of oxime groups is 1. The normalized spacial score (nSPS) is 17.7. The summed E-state index contributed by atoms with van der Waals surface area (Å²) in [6.45, 7) is 0.485. The quantitative estimate of drug-likeness (QED) is 0.647. The van der Waals surface area contributed by atoms with Gasteiger partial charge in [-0.15, -0.1) is 0 Å². The van der Waals surface area contributed by atoms with Crippen LogP contribution in [0.15, 0.2) is 53.7 Å². The number of hydrogen-bond donors (Lipinski definition) is 2. The van der Waals surface area contributed by atoms with Crippen molar-refractivity contribution in [3.63, 3.8) is 0 Å². The molecule has 120 valence electrons. The van der Waals surface area contributed by atoms with Gasteiger partial charge in [-0.2, -0.15) is 0 Å². The lowest BCUT2D eigenvalue weighted by Gasteiger charge is -2.23. The number of rotatable bonds is 4. The maximum Gasteiger partial charge on any atom is 0.123 e. The molecule has 1 saturated carbocycles. The van der Waals surface area contributed by atoms with Crippen LogP contribution in [0.3, 0.4) is 0 Å². The van der Waals surface area contributed by atoms with Gasteiger partial charge in [0.05, 0.1) is 5.71 Å². The minimum absolute atomic E-state index is 0.282. The van der Waals surface area contributed by atoms with E-state index in [9.17, 15) is 5.11 Å². The zero-order chi connectivity index (χ0) is 16.1. The fraction of sp³-hybridized carbons (Fsp3) is 0.316. The minimum atomic E-state index is 0.282. The monoisotopic (exact) mass is 311 g/mol. The third-order valence-corrected chi connectivity index (χ3v) is 4.39. The van der Waals surface area contributed by atoms with Gasteiger partial charge in [0.25, 0.3) is 0 Å². The molecule has 2 aromatic carbocycles. The fourth-order valence-corrected chi connectivity index (χ4v) is 3.06. The number of aromatic hydroxyl groups is 1. The molecule has 1 aliphatic rings. The summed E-state index contributed by atoms with van der Waals surface area (Å²) < 4.78 is 5.74. The van der Waals surface area contributed by atoms with Gasteiger partial charge < -0.3 is 15.1 Å². The van der Waals surface area contributed by atoms with Crippen LogP contribution in [0.5, 0.6) is 11.5 Å². The Balaban J connectivity index is 1.64. The lowest BCUT2D eigenvalue weighted by molar-refractivity contribution is 0.303. The number of phenols is 1. The molecule has 0 saturated heterocycles. The topological polar surface area (TPSA) is 62.1 Å². The van der Waals surface area contributed by atoms with Crippen LogP contribution in [0.25, 0.3) is 0 Å². The molecule has 0 radical (unpaired) electrons. The molecule has 3 rings (SSSR count). The molecule has 0 aliphatic heterocycles. The highest BCUT2D eigenvalue weighted by Gasteiger charge is 2.22. The Morgan fingerprint density at radius 1 is 1.04 bits per heavy atom. The van der Waals surface area contributed by atoms with Gasteiger partial charge in [0.1, 0.15) is 18.1 Å². The second-order valence-electron chi connectivity index (χ2n) is 5.94. The van der Waals surface area contributed by atoms with Crippen LogP contribution in [0.2, 0.25) is 0 Å². The van der Waals surface area contributed by atoms with E-state index in [4.69, 9.17) is 9.94 Å². The van der Waals surface area contributed by atoms with Crippen LogP contribution in [0.1, 0.15) is 42.7 Å². The van der Waals surface area contributed by atoms with Crippen molar-refractivity contribution in [1.29, 1.82) is 0 Å². The summed E-state index contributed by atoms with van der Waals surface area (Å²) in [7, 11) is 0. The standard InChI is InChI=1S/C19H21NO3/c21-19-12-17(23-13-14-4-2-1-3-5-14)10-11-18(19)15-6-8-16(20-22)9-7-15/h1-5,10-12,15,21-22H,6-9,13H2. The van der Waals surface area contributed by atoms with Gasteiger partial charge >= 0.3 is 0 Å². The van der Waals surface area contributed by atoms with E-state index in [1.54, 1.807) is 6.07 Å². The molecule has 0 amide bonds. The van der Waals surface area contributed by atoms with E-state index in [2.05, 4.69) is 5.16 Å². The fourth-order valence-electron chi connectivity index (χ4n) is 3.06. The molecule has 0 bridgehead atoms. The number of nitrogens with zero attached hydrogens (tertiary/aromatic N) is 1. The second kappa shape index (κ2) is 7.18. The third kappa shape index (κ3) is 3.83. The van der Waals surface area contributed by atoms with Crippen molar-refractivity contribution in [3.05, 3.63) is 59.7 Å².